The van der Waals surface area contributed by atoms with Crippen LogP contribution in [0.2, 0.25) is 0 Å². The van der Waals surface area contributed by atoms with E-state index in [0.717, 1.165) is 24.1 Å². The van der Waals surface area contributed by atoms with Crippen LogP contribution < -0.4 is 5.32 Å². The average Bonchev–Trinajstić information content (AvgIpc) is 2.30. The molecular formula is C14H21NO3. The number of anilines is 1. The van der Waals surface area contributed by atoms with Gasteiger partial charge in [0.25, 0.3) is 0 Å². The number of ketones is 1. The van der Waals surface area contributed by atoms with Gasteiger partial charge >= 0.3 is 0 Å². The summed E-state index contributed by atoms with van der Waals surface area (Å²) >= 11 is 0. The molecule has 100 valence electrons. The summed E-state index contributed by atoms with van der Waals surface area (Å²) < 4.78 is 0. The van der Waals surface area contributed by atoms with Crippen molar-refractivity contribution >= 4 is 11.5 Å². The van der Waals surface area contributed by atoms with Gasteiger partial charge in [0.05, 0.1) is 6.10 Å². The third kappa shape index (κ3) is 5.29. The molecule has 0 aliphatic rings. The lowest BCUT2D eigenvalue weighted by Gasteiger charge is -2.16. The Morgan fingerprint density at radius 2 is 1.89 bits per heavy atom. The van der Waals surface area contributed by atoms with Gasteiger partial charge in [-0.25, -0.2) is 0 Å². The van der Waals surface area contributed by atoms with Gasteiger partial charge in [-0.15, -0.1) is 0 Å². The van der Waals surface area contributed by atoms with Gasteiger partial charge < -0.3 is 20.3 Å². The lowest BCUT2D eigenvalue weighted by atomic mass is 10.1. The van der Waals surface area contributed by atoms with Crippen LogP contribution in [0.3, 0.4) is 0 Å². The molecule has 0 saturated heterocycles. The van der Waals surface area contributed by atoms with E-state index in [1.807, 2.05) is 24.3 Å². The summed E-state index contributed by atoms with van der Waals surface area (Å²) in [7, 11) is 0. The molecule has 0 saturated carbocycles. The first-order valence-electron chi connectivity index (χ1n) is 6.20. The highest BCUT2D eigenvalue weighted by atomic mass is 16.3. The summed E-state index contributed by atoms with van der Waals surface area (Å²) in [6, 6.07) is 7.62. The first-order chi connectivity index (χ1) is 8.49. The largest absolute Gasteiger partial charge is 0.389 e. The maximum absolute atomic E-state index is 10.8. The molecular weight excluding hydrogens is 230 g/mol. The van der Waals surface area contributed by atoms with Crippen LogP contribution in [0.15, 0.2) is 24.3 Å². The van der Waals surface area contributed by atoms with E-state index >= 15 is 0 Å². The summed E-state index contributed by atoms with van der Waals surface area (Å²) in [4.78, 5) is 10.8. The van der Waals surface area contributed by atoms with E-state index in [1.165, 1.54) is 6.92 Å². The van der Waals surface area contributed by atoms with E-state index in [9.17, 15) is 9.90 Å². The lowest BCUT2D eigenvalue weighted by Crippen LogP contribution is -2.30. The molecule has 0 heterocycles. The van der Waals surface area contributed by atoms with Crippen molar-refractivity contribution in [2.45, 2.75) is 45.4 Å². The molecule has 4 nitrogen and oxygen atoms in total. The van der Waals surface area contributed by atoms with Gasteiger partial charge in [0, 0.05) is 12.1 Å². The van der Waals surface area contributed by atoms with Gasteiger partial charge in [0.1, 0.15) is 12.0 Å². The molecule has 2 atom stereocenters. The number of hydrogen-bond acceptors (Lipinski definition) is 4. The second-order valence-electron chi connectivity index (χ2n) is 4.58. The van der Waals surface area contributed by atoms with Crippen molar-refractivity contribution in [1.82, 2.24) is 0 Å². The number of Topliss-reactive ketones (excluding diaryl/α,β-unsaturated/α-hetero) is 1. The molecule has 0 aliphatic carbocycles. The summed E-state index contributed by atoms with van der Waals surface area (Å²) in [5, 5.41) is 21.4. The molecule has 0 aliphatic heterocycles. The van der Waals surface area contributed by atoms with Crippen LogP contribution in [0, 0.1) is 0 Å². The van der Waals surface area contributed by atoms with Gasteiger partial charge in [-0.3, -0.25) is 0 Å². The van der Waals surface area contributed by atoms with Crippen LogP contribution in [-0.4, -0.2) is 28.3 Å². The van der Waals surface area contributed by atoms with Crippen molar-refractivity contribution in [3.05, 3.63) is 29.8 Å². The summed E-state index contributed by atoms with van der Waals surface area (Å²) in [6.07, 6.45) is 0.562. The fraction of sp³-hybridized carbons (Fsp3) is 0.500. The van der Waals surface area contributed by atoms with Gasteiger partial charge in [0.2, 0.25) is 0 Å². The third-order valence-corrected chi connectivity index (χ3v) is 2.72. The van der Waals surface area contributed by atoms with Crippen LogP contribution in [0.4, 0.5) is 5.69 Å². The fourth-order valence-electron chi connectivity index (χ4n) is 1.60. The minimum Gasteiger partial charge on any atom is -0.389 e. The maximum atomic E-state index is 10.8. The van der Waals surface area contributed by atoms with Crippen LogP contribution in [0.1, 0.15) is 32.3 Å². The highest BCUT2D eigenvalue weighted by Gasteiger charge is 2.09. The second-order valence-corrected chi connectivity index (χ2v) is 4.58. The number of aryl methyl sites for hydroxylation is 1. The Kier molecular flexibility index (Phi) is 5.82. The zero-order chi connectivity index (χ0) is 13.5. The molecule has 1 rings (SSSR count). The second kappa shape index (κ2) is 7.13. The van der Waals surface area contributed by atoms with E-state index in [0.29, 0.717) is 6.42 Å². The third-order valence-electron chi connectivity index (χ3n) is 2.72. The Balaban J connectivity index is 2.44. The Morgan fingerprint density at radius 1 is 1.28 bits per heavy atom. The molecule has 1 aromatic carbocycles. The number of carbonyl (C=O) groups excluding carboxylic acids is 1. The highest BCUT2D eigenvalue weighted by Crippen LogP contribution is 2.13. The predicted molar refractivity (Wildman–Crippen MR) is 71.4 cm³/mol. The number of aliphatic hydroxyl groups excluding tert-OH is 2. The predicted octanol–water partition coefficient (Wildman–Crippen LogP) is 1.71. The molecule has 0 amide bonds. The molecule has 18 heavy (non-hydrogen) atoms. The number of benzene rings is 1. The summed E-state index contributed by atoms with van der Waals surface area (Å²) in [6.45, 7) is 3.12. The van der Waals surface area contributed by atoms with Crippen molar-refractivity contribution in [3.63, 3.8) is 0 Å². The molecule has 0 fully saturated rings. The van der Waals surface area contributed by atoms with E-state index in [-0.39, 0.29) is 5.78 Å². The Hall–Kier alpha value is -1.39. The number of rotatable bonds is 7. The Bertz CT molecular complexity index is 373. The van der Waals surface area contributed by atoms with E-state index in [4.69, 9.17) is 5.11 Å². The zero-order valence-corrected chi connectivity index (χ0v) is 10.9. The lowest BCUT2D eigenvalue weighted by molar-refractivity contribution is -0.117. The molecule has 0 spiro atoms. The van der Waals surface area contributed by atoms with Gasteiger partial charge in [0.15, 0.2) is 0 Å². The highest BCUT2D eigenvalue weighted by molar-refractivity contribution is 5.75. The Labute approximate surface area is 108 Å². The van der Waals surface area contributed by atoms with Gasteiger partial charge in [-0.2, -0.15) is 0 Å². The smallest absolute Gasteiger partial charge is 0.150 e. The molecule has 0 radical (unpaired) electrons. The SMILES string of the molecule is CC(=O)CCCc1ccc(NC(O)C(C)O)cc1. The summed E-state index contributed by atoms with van der Waals surface area (Å²) in [5.41, 5.74) is 1.92. The van der Waals surface area contributed by atoms with Crippen molar-refractivity contribution in [2.24, 2.45) is 0 Å². The molecule has 4 heteroatoms. The molecule has 1 aromatic rings. The monoisotopic (exact) mass is 251 g/mol. The van der Waals surface area contributed by atoms with Crippen LogP contribution >= 0.6 is 0 Å². The molecule has 2 unspecified atom stereocenters. The summed E-state index contributed by atoms with van der Waals surface area (Å²) in [5.74, 6) is 0.216. The molecule has 3 N–H and O–H groups in total. The normalized spacial score (nSPS) is 14.0. The minimum atomic E-state index is -0.964. The van der Waals surface area contributed by atoms with Crippen LogP contribution in [0.25, 0.3) is 0 Å². The average molecular weight is 251 g/mol. The van der Waals surface area contributed by atoms with E-state index < -0.39 is 12.3 Å². The molecule has 0 aromatic heterocycles. The van der Waals surface area contributed by atoms with E-state index in [1.54, 1.807) is 6.92 Å². The first kappa shape index (κ1) is 14.7. The maximum Gasteiger partial charge on any atom is 0.150 e. The number of carbonyl (C=O) groups is 1. The van der Waals surface area contributed by atoms with Crippen molar-refractivity contribution in [1.29, 1.82) is 0 Å². The number of hydrogen-bond donors (Lipinski definition) is 3. The molecule has 0 bridgehead atoms. The van der Waals surface area contributed by atoms with Crippen LogP contribution in [-0.2, 0) is 11.2 Å². The standard InChI is InChI=1S/C14H21NO3/c1-10(16)4-3-5-12-6-8-13(9-7-12)15-14(18)11(2)17/h6-9,11,14-15,17-18H,3-5H2,1-2H3. The zero-order valence-electron chi connectivity index (χ0n) is 10.9. The van der Waals surface area contributed by atoms with Crippen molar-refractivity contribution in [3.8, 4) is 0 Å². The van der Waals surface area contributed by atoms with Crippen molar-refractivity contribution < 1.29 is 15.0 Å². The van der Waals surface area contributed by atoms with E-state index in [2.05, 4.69) is 5.32 Å². The van der Waals surface area contributed by atoms with Crippen molar-refractivity contribution in [2.75, 3.05) is 5.32 Å². The van der Waals surface area contributed by atoms with Gasteiger partial charge in [-0.1, -0.05) is 12.1 Å². The number of nitrogens with one attached hydrogen (secondary N) is 1. The Morgan fingerprint density at radius 3 is 2.39 bits per heavy atom. The minimum absolute atomic E-state index is 0.216. The number of aliphatic hydroxyl groups is 2. The quantitative estimate of drug-likeness (QED) is 0.645. The topological polar surface area (TPSA) is 69.6 Å². The first-order valence-corrected chi connectivity index (χ1v) is 6.20. The fourth-order valence-corrected chi connectivity index (χ4v) is 1.60. The van der Waals surface area contributed by atoms with Crippen LogP contribution in [0.5, 0.6) is 0 Å². The van der Waals surface area contributed by atoms with Gasteiger partial charge in [-0.05, 0) is 44.4 Å².